The first-order valence-corrected chi connectivity index (χ1v) is 9.35. The zero-order valence-corrected chi connectivity index (χ0v) is 20.5. The summed E-state index contributed by atoms with van der Waals surface area (Å²) in [4.78, 5) is 43.6. The average Bonchev–Trinajstić information content (AvgIpc) is 3.01. The van der Waals surface area contributed by atoms with Crippen LogP contribution in [-0.2, 0) is 51.9 Å². The van der Waals surface area contributed by atoms with E-state index in [9.17, 15) is 19.5 Å². The third-order valence-electron chi connectivity index (χ3n) is 4.38. The smallest absolute Gasteiger partial charge is 0.326 e. The van der Waals surface area contributed by atoms with Gasteiger partial charge in [0.25, 0.3) is 0 Å². The topological polar surface area (TPSA) is 108 Å². The summed E-state index contributed by atoms with van der Waals surface area (Å²) >= 11 is 0. The van der Waals surface area contributed by atoms with Gasteiger partial charge in [0.15, 0.2) is 0 Å². The van der Waals surface area contributed by atoms with Gasteiger partial charge < -0.3 is 33.7 Å². The van der Waals surface area contributed by atoms with Crippen molar-refractivity contribution in [2.24, 2.45) is 10.6 Å². The number of allylic oxidation sites excluding steroid dienone is 1. The molecule has 3 atom stereocenters. The molecule has 1 aliphatic heterocycles. The molecule has 2 amide bonds. The molecule has 161 valence electrons. The first-order valence-electron chi connectivity index (χ1n) is 9.35. The van der Waals surface area contributed by atoms with Gasteiger partial charge in [-0.1, -0.05) is 39.8 Å². The number of likely N-dealkylation sites (tertiary alicyclic amines) is 1. The second kappa shape index (κ2) is 12.3. The minimum absolute atomic E-state index is 0. The molecule has 8 nitrogen and oxygen atoms in total. The number of aliphatic carboxylic acids is 1. The SMILES string of the molecule is [CH-]=CCCCC(=O)N[C@H](C(=O)N1C[C@H](O/N=C(\[CH2-])C)C[C@H]1C(=O)O)C(C)(C)C.[Y]. The number of carbonyl (C=O) groups is 3. The number of hydrogen-bond acceptors (Lipinski definition) is 5. The van der Waals surface area contributed by atoms with E-state index in [2.05, 4.69) is 17.4 Å². The summed E-state index contributed by atoms with van der Waals surface area (Å²) < 4.78 is 0. The van der Waals surface area contributed by atoms with Crippen molar-refractivity contribution in [2.45, 2.75) is 71.6 Å². The Hall–Kier alpha value is -1.41. The van der Waals surface area contributed by atoms with Crippen LogP contribution in [0.1, 0.15) is 53.4 Å². The number of amides is 2. The van der Waals surface area contributed by atoms with E-state index in [4.69, 9.17) is 11.4 Å². The molecular weight excluding hydrogens is 451 g/mol. The maximum Gasteiger partial charge on any atom is 0.326 e. The van der Waals surface area contributed by atoms with E-state index in [0.717, 1.165) is 0 Å². The van der Waals surface area contributed by atoms with E-state index in [1.165, 1.54) is 11.0 Å². The number of carboxylic acids is 1. The van der Waals surface area contributed by atoms with Crippen molar-refractivity contribution in [3.05, 3.63) is 19.6 Å². The molecule has 0 unspecified atom stereocenters. The third kappa shape index (κ3) is 8.87. The number of hydrogen-bond donors (Lipinski definition) is 2. The Morgan fingerprint density at radius 3 is 2.52 bits per heavy atom. The normalized spacial score (nSPS) is 20.4. The molecular formula is C20H31N3O5Y-2. The van der Waals surface area contributed by atoms with Crippen molar-refractivity contribution in [3.8, 4) is 0 Å². The molecule has 0 saturated carbocycles. The second-order valence-corrected chi connectivity index (χ2v) is 8.13. The monoisotopic (exact) mass is 482 g/mol. The van der Waals surface area contributed by atoms with Crippen LogP contribution >= 0.6 is 0 Å². The van der Waals surface area contributed by atoms with Crippen LogP contribution in [0.2, 0.25) is 0 Å². The van der Waals surface area contributed by atoms with Gasteiger partial charge in [0.2, 0.25) is 11.8 Å². The van der Waals surface area contributed by atoms with Crippen molar-refractivity contribution in [1.82, 2.24) is 10.2 Å². The summed E-state index contributed by atoms with van der Waals surface area (Å²) in [6.07, 6.45) is 2.47. The van der Waals surface area contributed by atoms with Crippen molar-refractivity contribution in [1.29, 1.82) is 0 Å². The van der Waals surface area contributed by atoms with Gasteiger partial charge in [-0.3, -0.25) is 15.7 Å². The first kappa shape index (κ1) is 27.6. The quantitative estimate of drug-likeness (QED) is 0.226. The van der Waals surface area contributed by atoms with Crippen LogP contribution in [-0.4, -0.2) is 58.2 Å². The molecule has 0 aromatic carbocycles. The molecule has 0 spiro atoms. The summed E-state index contributed by atoms with van der Waals surface area (Å²) in [5.41, 5.74) is -0.150. The molecule has 9 heteroatoms. The van der Waals surface area contributed by atoms with Gasteiger partial charge in [0.1, 0.15) is 18.2 Å². The van der Waals surface area contributed by atoms with Crippen molar-refractivity contribution in [3.63, 3.8) is 0 Å². The summed E-state index contributed by atoms with van der Waals surface area (Å²) in [7, 11) is 0. The minimum Gasteiger partial charge on any atom is -0.518 e. The molecule has 1 fully saturated rings. The molecule has 29 heavy (non-hydrogen) atoms. The second-order valence-electron chi connectivity index (χ2n) is 8.13. The van der Waals surface area contributed by atoms with Crippen LogP contribution in [0.25, 0.3) is 0 Å². The number of carboxylic acid groups (broad SMARTS) is 1. The van der Waals surface area contributed by atoms with Crippen LogP contribution in [0.4, 0.5) is 0 Å². The summed E-state index contributed by atoms with van der Waals surface area (Å²) in [5, 5.41) is 16.1. The standard InChI is InChI=1S/C20H31N3O5.Y/c1-7-8-9-10-16(24)21-17(20(4,5)6)18(25)23-12-14(28-22-13(2)3)11-15(23)19(26)27;/h1,7,14-15,17H,2,8-12H2,3-6H3,(H,21,24)(H,26,27);/q-2;/b22-13+;/t14-,15+,17-;/m1./s1. The zero-order valence-electron chi connectivity index (χ0n) is 17.7. The predicted molar refractivity (Wildman–Crippen MR) is 105 cm³/mol. The summed E-state index contributed by atoms with van der Waals surface area (Å²) in [6.45, 7) is 16.1. The van der Waals surface area contributed by atoms with Gasteiger partial charge in [-0.05, 0) is 11.8 Å². The number of nitrogens with zero attached hydrogens (tertiary/aromatic N) is 2. The Morgan fingerprint density at radius 2 is 2.03 bits per heavy atom. The Labute approximate surface area is 198 Å². The summed E-state index contributed by atoms with van der Waals surface area (Å²) in [5.74, 6) is -1.83. The molecule has 1 heterocycles. The molecule has 1 rings (SSSR count). The molecule has 0 aromatic rings. The fraction of sp³-hybridized carbons (Fsp3) is 0.650. The molecule has 1 saturated heterocycles. The predicted octanol–water partition coefficient (Wildman–Crippen LogP) is 1.95. The van der Waals surface area contributed by atoms with Crippen LogP contribution in [0.5, 0.6) is 0 Å². The number of carbonyl (C=O) groups excluding carboxylic acids is 2. The van der Waals surface area contributed by atoms with Gasteiger partial charge in [0.05, 0.1) is 6.54 Å². The van der Waals surface area contributed by atoms with Crippen LogP contribution in [0, 0.1) is 18.9 Å². The number of rotatable bonds is 9. The molecule has 0 aliphatic carbocycles. The van der Waals surface area contributed by atoms with Crippen LogP contribution in [0.15, 0.2) is 11.2 Å². The maximum absolute atomic E-state index is 13.2. The third-order valence-corrected chi connectivity index (χ3v) is 4.38. The van der Waals surface area contributed by atoms with Gasteiger partial charge in [-0.15, -0.1) is 5.16 Å². The number of unbranched alkanes of at least 4 members (excludes halogenated alkanes) is 1. The van der Waals surface area contributed by atoms with Crippen molar-refractivity contribution >= 4 is 23.5 Å². The van der Waals surface area contributed by atoms with E-state index >= 15 is 0 Å². The van der Waals surface area contributed by atoms with Gasteiger partial charge in [-0.25, -0.2) is 4.79 Å². The van der Waals surface area contributed by atoms with E-state index in [-0.39, 0.29) is 58.0 Å². The fourth-order valence-corrected chi connectivity index (χ4v) is 2.94. The first-order chi connectivity index (χ1) is 13.0. The zero-order chi connectivity index (χ0) is 21.5. The Morgan fingerprint density at radius 1 is 1.41 bits per heavy atom. The molecule has 1 radical (unpaired) electrons. The minimum atomic E-state index is -1.12. The van der Waals surface area contributed by atoms with E-state index in [1.807, 2.05) is 20.8 Å². The summed E-state index contributed by atoms with van der Waals surface area (Å²) in [6, 6.07) is -1.90. The molecule has 0 bridgehead atoms. The number of oxime groups is 1. The average molecular weight is 482 g/mol. The van der Waals surface area contributed by atoms with Crippen LogP contribution < -0.4 is 5.32 Å². The van der Waals surface area contributed by atoms with Crippen molar-refractivity contribution in [2.75, 3.05) is 6.54 Å². The van der Waals surface area contributed by atoms with Crippen molar-refractivity contribution < 1.29 is 57.0 Å². The van der Waals surface area contributed by atoms with E-state index in [1.54, 1.807) is 6.92 Å². The Kier molecular flexibility index (Phi) is 11.7. The Bertz CT molecular complexity index is 626. The fourth-order valence-electron chi connectivity index (χ4n) is 2.94. The molecule has 1 aliphatic rings. The molecule has 2 N–H and O–H groups in total. The van der Waals surface area contributed by atoms with Gasteiger partial charge >= 0.3 is 5.97 Å². The maximum atomic E-state index is 13.2. The largest absolute Gasteiger partial charge is 0.518 e. The van der Waals surface area contributed by atoms with Gasteiger partial charge in [-0.2, -0.15) is 0 Å². The van der Waals surface area contributed by atoms with E-state index < -0.39 is 35.5 Å². The number of nitrogens with one attached hydrogen (secondary N) is 1. The van der Waals surface area contributed by atoms with E-state index in [0.29, 0.717) is 18.6 Å². The molecule has 0 aromatic heterocycles. The van der Waals surface area contributed by atoms with Crippen LogP contribution in [0.3, 0.4) is 0 Å². The van der Waals surface area contributed by atoms with Gasteiger partial charge in [0, 0.05) is 45.6 Å². The Balaban J connectivity index is 0.00000784.